The number of aryl methyl sites for hydroxylation is 2. The standard InChI is InChI=1S/C28H31N3OS/c1-6-29-23-15-21-25(13-17(23)4)32-26-14-18(5)24(30-7-2)16-22(26)28(21)20-12-10-9-11-19(20)27(33)31(28)8-3/h9-16,29-30H,6-8H2,1-5H3. The van der Waals surface area contributed by atoms with E-state index in [4.69, 9.17) is 17.0 Å². The average molecular weight is 458 g/mol. The fourth-order valence-electron chi connectivity index (χ4n) is 5.51. The molecule has 0 bridgehead atoms. The van der Waals surface area contributed by atoms with Crippen molar-refractivity contribution in [1.29, 1.82) is 0 Å². The van der Waals surface area contributed by atoms with Crippen LogP contribution in [0.1, 0.15) is 54.2 Å². The minimum absolute atomic E-state index is 0.541. The first-order chi connectivity index (χ1) is 16.0. The molecule has 33 heavy (non-hydrogen) atoms. The van der Waals surface area contributed by atoms with Crippen molar-refractivity contribution in [3.8, 4) is 11.5 Å². The third-order valence-corrected chi connectivity index (χ3v) is 7.34. The maximum atomic E-state index is 6.61. The molecule has 2 N–H and O–H groups in total. The number of nitrogens with one attached hydrogen (secondary N) is 2. The second-order valence-corrected chi connectivity index (χ2v) is 9.18. The van der Waals surface area contributed by atoms with Gasteiger partial charge in [-0.15, -0.1) is 0 Å². The SMILES string of the molecule is CCNc1cc2c(cc1C)Oc1cc(C)c(NCC)cc1C21c2ccccc2C(=S)N1CC. The van der Waals surface area contributed by atoms with Crippen molar-refractivity contribution in [3.05, 3.63) is 81.9 Å². The van der Waals surface area contributed by atoms with E-state index in [1.165, 1.54) is 16.7 Å². The molecule has 0 saturated heterocycles. The van der Waals surface area contributed by atoms with Gasteiger partial charge in [0.05, 0.1) is 0 Å². The molecule has 3 aromatic rings. The number of benzene rings is 3. The molecule has 0 atom stereocenters. The van der Waals surface area contributed by atoms with Crippen LogP contribution in [0.3, 0.4) is 0 Å². The Bertz CT molecular complexity index is 1200. The largest absolute Gasteiger partial charge is 0.457 e. The summed E-state index contributed by atoms with van der Waals surface area (Å²) in [7, 11) is 0. The van der Waals surface area contributed by atoms with Gasteiger partial charge >= 0.3 is 0 Å². The van der Waals surface area contributed by atoms with E-state index >= 15 is 0 Å². The normalized spacial score (nSPS) is 15.1. The molecule has 4 nitrogen and oxygen atoms in total. The number of rotatable bonds is 5. The number of hydrogen-bond donors (Lipinski definition) is 2. The quantitative estimate of drug-likeness (QED) is 0.424. The van der Waals surface area contributed by atoms with Gasteiger partial charge in [0.1, 0.15) is 22.0 Å². The van der Waals surface area contributed by atoms with Crippen LogP contribution in [-0.4, -0.2) is 29.5 Å². The fourth-order valence-corrected chi connectivity index (χ4v) is 5.96. The summed E-state index contributed by atoms with van der Waals surface area (Å²) in [5.41, 5.74) is 8.69. The van der Waals surface area contributed by atoms with Gasteiger partial charge in [0.2, 0.25) is 0 Å². The van der Waals surface area contributed by atoms with Crippen molar-refractivity contribution < 1.29 is 4.74 Å². The average Bonchev–Trinajstić information content (AvgIpc) is 3.05. The Morgan fingerprint density at radius 2 is 1.36 bits per heavy atom. The Kier molecular flexibility index (Phi) is 5.32. The van der Waals surface area contributed by atoms with E-state index in [2.05, 4.69) is 98.7 Å². The van der Waals surface area contributed by atoms with Crippen LogP contribution < -0.4 is 15.4 Å². The van der Waals surface area contributed by atoms with Crippen molar-refractivity contribution in [2.24, 2.45) is 0 Å². The van der Waals surface area contributed by atoms with Crippen LogP contribution in [0.4, 0.5) is 11.4 Å². The van der Waals surface area contributed by atoms with E-state index in [0.29, 0.717) is 0 Å². The summed E-state index contributed by atoms with van der Waals surface area (Å²) < 4.78 is 6.61. The molecule has 5 heteroatoms. The predicted octanol–water partition coefficient (Wildman–Crippen LogP) is 6.58. The van der Waals surface area contributed by atoms with Gasteiger partial charge in [-0.3, -0.25) is 0 Å². The summed E-state index contributed by atoms with van der Waals surface area (Å²) in [5.74, 6) is 1.80. The predicted molar refractivity (Wildman–Crippen MR) is 141 cm³/mol. The second-order valence-electron chi connectivity index (χ2n) is 8.79. The second kappa shape index (κ2) is 8.07. The summed E-state index contributed by atoms with van der Waals surface area (Å²) in [4.78, 5) is 3.27. The lowest BCUT2D eigenvalue weighted by molar-refractivity contribution is 0.268. The van der Waals surface area contributed by atoms with E-state index in [-0.39, 0.29) is 0 Å². The zero-order valence-electron chi connectivity index (χ0n) is 20.0. The monoisotopic (exact) mass is 457 g/mol. The van der Waals surface area contributed by atoms with Gasteiger partial charge in [-0.1, -0.05) is 36.5 Å². The van der Waals surface area contributed by atoms with Crippen LogP contribution in [0.2, 0.25) is 0 Å². The molecule has 0 radical (unpaired) electrons. The van der Waals surface area contributed by atoms with E-state index in [0.717, 1.165) is 64.2 Å². The van der Waals surface area contributed by atoms with Crippen LogP contribution in [0, 0.1) is 13.8 Å². The number of fused-ring (bicyclic) bond motifs is 6. The topological polar surface area (TPSA) is 36.5 Å². The van der Waals surface area contributed by atoms with Gasteiger partial charge in [-0.2, -0.15) is 0 Å². The number of ether oxygens (including phenoxy) is 1. The summed E-state index contributed by atoms with van der Waals surface area (Å²) >= 11 is 6.08. The minimum atomic E-state index is -0.541. The zero-order valence-corrected chi connectivity index (χ0v) is 20.8. The van der Waals surface area contributed by atoms with Gasteiger partial charge in [-0.05, 0) is 75.6 Å². The van der Waals surface area contributed by atoms with Crippen molar-refractivity contribution in [1.82, 2.24) is 4.90 Å². The van der Waals surface area contributed by atoms with Crippen LogP contribution in [0.25, 0.3) is 0 Å². The molecule has 2 heterocycles. The molecule has 0 amide bonds. The number of nitrogens with zero attached hydrogens (tertiary/aromatic N) is 1. The van der Waals surface area contributed by atoms with E-state index in [9.17, 15) is 0 Å². The molecule has 170 valence electrons. The lowest BCUT2D eigenvalue weighted by Gasteiger charge is -2.45. The van der Waals surface area contributed by atoms with E-state index in [1.807, 2.05) is 0 Å². The Hall–Kier alpha value is -3.05. The highest BCUT2D eigenvalue weighted by Crippen LogP contribution is 2.58. The number of hydrogen-bond acceptors (Lipinski definition) is 4. The highest BCUT2D eigenvalue weighted by Gasteiger charge is 2.54. The summed E-state index contributed by atoms with van der Waals surface area (Å²) in [6, 6.07) is 17.5. The Morgan fingerprint density at radius 3 is 1.88 bits per heavy atom. The lowest BCUT2D eigenvalue weighted by Crippen LogP contribution is -2.47. The lowest BCUT2D eigenvalue weighted by atomic mass is 9.74. The Morgan fingerprint density at radius 1 is 0.818 bits per heavy atom. The van der Waals surface area contributed by atoms with E-state index < -0.39 is 5.54 Å². The summed E-state index contributed by atoms with van der Waals surface area (Å²) in [6.45, 7) is 13.2. The highest BCUT2D eigenvalue weighted by molar-refractivity contribution is 7.80. The smallest absolute Gasteiger partial charge is 0.134 e. The minimum Gasteiger partial charge on any atom is -0.457 e. The number of thiocarbonyl (C=S) groups is 1. The van der Waals surface area contributed by atoms with E-state index in [1.54, 1.807) is 0 Å². The molecular formula is C28H31N3OS. The third-order valence-electron chi connectivity index (χ3n) is 6.90. The third kappa shape index (κ3) is 2.98. The number of anilines is 2. The van der Waals surface area contributed by atoms with Crippen LogP contribution in [-0.2, 0) is 5.54 Å². The van der Waals surface area contributed by atoms with Crippen molar-refractivity contribution in [2.45, 2.75) is 40.2 Å². The van der Waals surface area contributed by atoms with Gasteiger partial charge < -0.3 is 20.3 Å². The van der Waals surface area contributed by atoms with Crippen LogP contribution in [0.5, 0.6) is 11.5 Å². The van der Waals surface area contributed by atoms with Crippen molar-refractivity contribution >= 4 is 28.6 Å². The molecule has 5 rings (SSSR count). The maximum Gasteiger partial charge on any atom is 0.134 e. The van der Waals surface area contributed by atoms with Crippen molar-refractivity contribution in [3.63, 3.8) is 0 Å². The van der Waals surface area contributed by atoms with Gasteiger partial charge in [0, 0.05) is 47.7 Å². The van der Waals surface area contributed by atoms with Gasteiger partial charge in [0.15, 0.2) is 0 Å². The molecule has 3 aromatic carbocycles. The molecule has 2 aliphatic heterocycles. The van der Waals surface area contributed by atoms with Gasteiger partial charge in [0.25, 0.3) is 0 Å². The molecular weight excluding hydrogens is 426 g/mol. The molecule has 1 spiro atoms. The summed E-state index contributed by atoms with van der Waals surface area (Å²) in [5, 5.41) is 7.09. The fraction of sp³-hybridized carbons (Fsp3) is 0.321. The molecule has 0 saturated carbocycles. The zero-order chi connectivity index (χ0) is 23.3. The molecule has 0 unspecified atom stereocenters. The Balaban J connectivity index is 1.92. The maximum absolute atomic E-state index is 6.61. The molecule has 0 aromatic heterocycles. The first-order valence-electron chi connectivity index (χ1n) is 11.8. The first kappa shape index (κ1) is 21.8. The summed E-state index contributed by atoms with van der Waals surface area (Å²) in [6.07, 6.45) is 0. The van der Waals surface area contributed by atoms with Gasteiger partial charge in [-0.25, -0.2) is 0 Å². The molecule has 0 fully saturated rings. The van der Waals surface area contributed by atoms with Crippen LogP contribution >= 0.6 is 12.2 Å². The van der Waals surface area contributed by atoms with Crippen LogP contribution in [0.15, 0.2) is 48.5 Å². The molecule has 2 aliphatic rings. The first-order valence-corrected chi connectivity index (χ1v) is 12.2. The molecule has 0 aliphatic carbocycles. The highest BCUT2D eigenvalue weighted by atomic mass is 32.1. The van der Waals surface area contributed by atoms with Crippen molar-refractivity contribution in [2.75, 3.05) is 30.3 Å². The Labute approximate surface area is 202 Å².